The molecule has 0 bridgehead atoms. The van der Waals surface area contributed by atoms with E-state index in [4.69, 9.17) is 4.74 Å². The molecule has 4 heteroatoms. The molecule has 0 aromatic heterocycles. The molecule has 2 rings (SSSR count). The summed E-state index contributed by atoms with van der Waals surface area (Å²) in [6.07, 6.45) is 4.06. The minimum absolute atomic E-state index is 0.846. The zero-order chi connectivity index (χ0) is 10.7. The van der Waals surface area contributed by atoms with E-state index >= 15 is 0 Å². The predicted octanol–water partition coefficient (Wildman–Crippen LogP) is 3.42. The van der Waals surface area contributed by atoms with Gasteiger partial charge in [-0.25, -0.2) is 0 Å². The van der Waals surface area contributed by atoms with Gasteiger partial charge in [0.25, 0.3) is 0 Å². The maximum absolute atomic E-state index is 5.21. The molecule has 0 amide bonds. The van der Waals surface area contributed by atoms with Crippen molar-refractivity contribution < 1.29 is 4.74 Å². The predicted molar refractivity (Wildman–Crippen MR) is 74.6 cm³/mol. The van der Waals surface area contributed by atoms with E-state index in [1.165, 1.54) is 10.5 Å². The third kappa shape index (κ3) is 2.75. The number of hydrogen-bond acceptors (Lipinski definition) is 3. The summed E-state index contributed by atoms with van der Waals surface area (Å²) in [5.74, 6) is 1.77. The molecular weight excluding hydrogens is 321 g/mol. The van der Waals surface area contributed by atoms with Gasteiger partial charge in [0.15, 0.2) is 0 Å². The Morgan fingerprint density at radius 3 is 3.00 bits per heavy atom. The highest BCUT2D eigenvalue weighted by atomic mass is 127. The van der Waals surface area contributed by atoms with Gasteiger partial charge in [0.1, 0.15) is 5.75 Å². The maximum atomic E-state index is 5.21. The third-order valence-corrected chi connectivity index (χ3v) is 3.69. The normalized spacial score (nSPS) is 17.3. The lowest BCUT2D eigenvalue weighted by Gasteiger charge is -2.03. The molecule has 1 aromatic carbocycles. The number of rotatable bonds is 2. The quantitative estimate of drug-likeness (QED) is 0.775. The Labute approximate surface area is 107 Å². The molecule has 1 aliphatic rings. The van der Waals surface area contributed by atoms with Crippen LogP contribution in [0.1, 0.15) is 5.56 Å². The van der Waals surface area contributed by atoms with E-state index in [0.29, 0.717) is 0 Å². The number of allylic oxidation sites excluding steroid dienone is 1. The molecule has 78 valence electrons. The summed E-state index contributed by atoms with van der Waals surface area (Å²) in [4.78, 5) is 5.38. The van der Waals surface area contributed by atoms with Crippen LogP contribution >= 0.6 is 34.4 Å². The Morgan fingerprint density at radius 2 is 2.40 bits per heavy atom. The standard InChI is InChI=1S/C11H10INOS/c1-14-11-3-2-8(5-10(11)12)4-9-6-13-7-15-9/h2-6H,7H2,1H3. The molecule has 0 unspecified atom stereocenters. The maximum Gasteiger partial charge on any atom is 0.132 e. The van der Waals surface area contributed by atoms with Gasteiger partial charge in [-0.2, -0.15) is 0 Å². The lowest BCUT2D eigenvalue weighted by molar-refractivity contribution is 0.412. The highest BCUT2D eigenvalue weighted by Crippen LogP contribution is 2.26. The molecule has 0 fully saturated rings. The average molecular weight is 331 g/mol. The lowest BCUT2D eigenvalue weighted by Crippen LogP contribution is -1.87. The van der Waals surface area contributed by atoms with Gasteiger partial charge in [-0.3, -0.25) is 4.99 Å². The van der Waals surface area contributed by atoms with Crippen molar-refractivity contribution in [3.05, 3.63) is 32.2 Å². The highest BCUT2D eigenvalue weighted by molar-refractivity contribution is 14.1. The Morgan fingerprint density at radius 1 is 1.53 bits per heavy atom. The van der Waals surface area contributed by atoms with Gasteiger partial charge in [-0.15, -0.1) is 11.8 Å². The zero-order valence-corrected chi connectivity index (χ0v) is 11.2. The fourth-order valence-corrected chi connectivity index (χ4v) is 2.72. The van der Waals surface area contributed by atoms with Crippen LogP contribution in [0.4, 0.5) is 0 Å². The molecule has 1 aliphatic heterocycles. The number of hydrogen-bond donors (Lipinski definition) is 0. The lowest BCUT2D eigenvalue weighted by atomic mass is 10.2. The second-order valence-corrected chi connectivity index (χ2v) is 5.21. The van der Waals surface area contributed by atoms with Crippen LogP contribution < -0.4 is 4.74 Å². The van der Waals surface area contributed by atoms with Crippen LogP contribution in [0.5, 0.6) is 5.75 Å². The number of ether oxygens (including phenoxy) is 1. The number of nitrogens with zero attached hydrogens (tertiary/aromatic N) is 1. The topological polar surface area (TPSA) is 21.6 Å². The first-order chi connectivity index (χ1) is 7.29. The Hall–Kier alpha value is -0.490. The molecule has 0 atom stereocenters. The molecule has 2 nitrogen and oxygen atoms in total. The van der Waals surface area contributed by atoms with E-state index in [1.807, 2.05) is 12.3 Å². The van der Waals surface area contributed by atoms with Gasteiger partial charge in [-0.05, 0) is 46.4 Å². The molecule has 1 heterocycles. The van der Waals surface area contributed by atoms with Crippen molar-refractivity contribution in [3.8, 4) is 5.75 Å². The first-order valence-corrected chi connectivity index (χ1v) is 6.54. The summed E-state index contributed by atoms with van der Waals surface area (Å²) in [5.41, 5.74) is 1.19. The van der Waals surface area contributed by atoms with Crippen LogP contribution in [-0.2, 0) is 0 Å². The molecule has 0 spiro atoms. The van der Waals surface area contributed by atoms with Crippen LogP contribution in [0.2, 0.25) is 0 Å². The van der Waals surface area contributed by atoms with E-state index in [1.54, 1.807) is 18.9 Å². The van der Waals surface area contributed by atoms with E-state index in [-0.39, 0.29) is 0 Å². The molecular formula is C11H10INOS. The summed E-state index contributed by atoms with van der Waals surface area (Å²) in [6, 6.07) is 6.16. The van der Waals surface area contributed by atoms with Crippen LogP contribution in [-0.4, -0.2) is 19.2 Å². The second kappa shape index (κ2) is 5.03. The molecule has 0 saturated heterocycles. The number of thioether (sulfide) groups is 1. The molecule has 15 heavy (non-hydrogen) atoms. The Kier molecular flexibility index (Phi) is 3.69. The Bertz CT molecular complexity index is 429. The third-order valence-electron chi connectivity index (χ3n) is 2.01. The van der Waals surface area contributed by atoms with Crippen molar-refractivity contribution in [2.24, 2.45) is 4.99 Å². The van der Waals surface area contributed by atoms with Gasteiger partial charge in [0.05, 0.1) is 16.6 Å². The average Bonchev–Trinajstić information content (AvgIpc) is 2.71. The van der Waals surface area contributed by atoms with Crippen LogP contribution in [0, 0.1) is 3.57 Å². The van der Waals surface area contributed by atoms with E-state index in [9.17, 15) is 0 Å². The highest BCUT2D eigenvalue weighted by Gasteiger charge is 2.03. The van der Waals surface area contributed by atoms with E-state index in [2.05, 4.69) is 45.8 Å². The summed E-state index contributed by atoms with van der Waals surface area (Å²) in [5, 5.41) is 0. The molecule has 0 saturated carbocycles. The fraction of sp³-hybridized carbons (Fsp3) is 0.182. The minimum Gasteiger partial charge on any atom is -0.496 e. The summed E-state index contributed by atoms with van der Waals surface area (Å²) in [7, 11) is 1.69. The SMILES string of the molecule is COc1ccc(C=C2C=NCS2)cc1I. The number of aliphatic imine (C=N–C) groups is 1. The molecule has 0 aliphatic carbocycles. The van der Waals surface area contributed by atoms with Gasteiger partial charge in [0.2, 0.25) is 0 Å². The number of methoxy groups -OCH3 is 1. The fourth-order valence-electron chi connectivity index (χ4n) is 1.29. The van der Waals surface area contributed by atoms with Gasteiger partial charge in [0, 0.05) is 11.1 Å². The van der Waals surface area contributed by atoms with Crippen molar-refractivity contribution in [2.45, 2.75) is 0 Å². The monoisotopic (exact) mass is 331 g/mol. The van der Waals surface area contributed by atoms with Crippen molar-refractivity contribution in [3.63, 3.8) is 0 Å². The summed E-state index contributed by atoms with van der Waals surface area (Å²) < 4.78 is 6.34. The molecule has 0 N–H and O–H groups in total. The Balaban J connectivity index is 2.26. The summed E-state index contributed by atoms with van der Waals surface area (Å²) in [6.45, 7) is 0. The van der Waals surface area contributed by atoms with Crippen molar-refractivity contribution >= 4 is 46.6 Å². The van der Waals surface area contributed by atoms with Gasteiger partial charge >= 0.3 is 0 Å². The van der Waals surface area contributed by atoms with Crippen LogP contribution in [0.15, 0.2) is 28.1 Å². The first kappa shape index (κ1) is 11.0. The first-order valence-electron chi connectivity index (χ1n) is 4.47. The van der Waals surface area contributed by atoms with Crippen LogP contribution in [0.25, 0.3) is 6.08 Å². The van der Waals surface area contributed by atoms with Crippen molar-refractivity contribution in [1.29, 1.82) is 0 Å². The van der Waals surface area contributed by atoms with Crippen LogP contribution in [0.3, 0.4) is 0 Å². The minimum atomic E-state index is 0.846. The summed E-state index contributed by atoms with van der Waals surface area (Å²) >= 11 is 4.04. The van der Waals surface area contributed by atoms with E-state index < -0.39 is 0 Å². The second-order valence-electron chi connectivity index (χ2n) is 3.03. The van der Waals surface area contributed by atoms with Crippen molar-refractivity contribution in [2.75, 3.05) is 13.0 Å². The number of benzene rings is 1. The largest absolute Gasteiger partial charge is 0.496 e. The van der Waals surface area contributed by atoms with Crippen molar-refractivity contribution in [1.82, 2.24) is 0 Å². The molecule has 1 aromatic rings. The smallest absolute Gasteiger partial charge is 0.132 e. The van der Waals surface area contributed by atoms with Gasteiger partial charge in [-0.1, -0.05) is 6.07 Å². The molecule has 0 radical (unpaired) electrons. The van der Waals surface area contributed by atoms with Gasteiger partial charge < -0.3 is 4.74 Å². The number of halogens is 1. The zero-order valence-electron chi connectivity index (χ0n) is 8.24. The van der Waals surface area contributed by atoms with E-state index in [0.717, 1.165) is 15.2 Å².